The van der Waals surface area contributed by atoms with E-state index in [0.717, 1.165) is 0 Å². The van der Waals surface area contributed by atoms with Gasteiger partial charge < -0.3 is 15.2 Å². The van der Waals surface area contributed by atoms with Crippen molar-refractivity contribution in [3.05, 3.63) is 42.0 Å². The van der Waals surface area contributed by atoms with Gasteiger partial charge in [0.15, 0.2) is 9.84 Å². The number of aliphatic hydroxyl groups is 1. The smallest absolute Gasteiger partial charge is 0.188 e. The van der Waals surface area contributed by atoms with E-state index in [-0.39, 0.29) is 28.5 Å². The number of pyridine rings is 1. The first-order chi connectivity index (χ1) is 15.0. The van der Waals surface area contributed by atoms with Crippen LogP contribution in [0.2, 0.25) is 0 Å². The van der Waals surface area contributed by atoms with Gasteiger partial charge >= 0.3 is 0 Å². The topological polar surface area (TPSA) is 117 Å². The first-order valence-corrected chi connectivity index (χ1v) is 11.4. The highest BCUT2D eigenvalue weighted by molar-refractivity contribution is 7.92. The van der Waals surface area contributed by atoms with Gasteiger partial charge in [-0.3, -0.25) is 4.40 Å². The van der Waals surface area contributed by atoms with Gasteiger partial charge in [-0.1, -0.05) is 0 Å². The molecule has 8 nitrogen and oxygen atoms in total. The number of halogens is 1. The monoisotopic (exact) mass is 460 g/mol. The van der Waals surface area contributed by atoms with E-state index in [0.29, 0.717) is 29.9 Å². The third kappa shape index (κ3) is 4.13. The number of methoxy groups -OCH3 is 1. The number of aromatic nitrogens is 2. The van der Waals surface area contributed by atoms with Gasteiger partial charge in [-0.2, -0.15) is 5.26 Å². The highest BCUT2D eigenvalue weighted by Crippen LogP contribution is 2.35. The molecule has 0 aliphatic heterocycles. The zero-order valence-electron chi connectivity index (χ0n) is 18.3. The first-order valence-electron chi connectivity index (χ1n) is 9.93. The maximum atomic E-state index is 14.7. The van der Waals surface area contributed by atoms with Gasteiger partial charge in [0.1, 0.15) is 33.7 Å². The molecule has 0 bridgehead atoms. The quantitative estimate of drug-likeness (QED) is 0.519. The fourth-order valence-electron chi connectivity index (χ4n) is 3.20. The average molecular weight is 461 g/mol. The second-order valence-electron chi connectivity index (χ2n) is 8.19. The van der Waals surface area contributed by atoms with Crippen molar-refractivity contribution in [1.82, 2.24) is 9.38 Å². The molecule has 2 heterocycles. The largest absolute Gasteiger partial charge is 0.495 e. The van der Waals surface area contributed by atoms with Crippen molar-refractivity contribution in [3.8, 4) is 23.1 Å². The second-order valence-corrected chi connectivity index (χ2v) is 10.9. The first kappa shape index (κ1) is 23.5. The molecule has 0 unspecified atom stereocenters. The van der Waals surface area contributed by atoms with E-state index in [1.165, 1.54) is 31.6 Å². The van der Waals surface area contributed by atoms with Crippen LogP contribution in [0.25, 0.3) is 16.9 Å². The van der Waals surface area contributed by atoms with E-state index < -0.39 is 20.4 Å². The molecule has 10 heteroatoms. The summed E-state index contributed by atoms with van der Waals surface area (Å²) in [6, 6.07) is 6.17. The van der Waals surface area contributed by atoms with Gasteiger partial charge in [0.25, 0.3) is 0 Å². The molecule has 0 spiro atoms. The summed E-state index contributed by atoms with van der Waals surface area (Å²) in [6.07, 6.45) is 3.35. The van der Waals surface area contributed by atoms with Crippen molar-refractivity contribution in [2.24, 2.45) is 0 Å². The molecule has 0 fully saturated rings. The predicted molar refractivity (Wildman–Crippen MR) is 119 cm³/mol. The summed E-state index contributed by atoms with van der Waals surface area (Å²) in [5.41, 5.74) is 1.41. The molecule has 0 aliphatic carbocycles. The molecule has 3 rings (SSSR count). The molecule has 32 heavy (non-hydrogen) atoms. The fourth-order valence-corrected chi connectivity index (χ4v) is 4.51. The Morgan fingerprint density at radius 1 is 1.31 bits per heavy atom. The Kier molecular flexibility index (Phi) is 6.44. The molecule has 0 radical (unpaired) electrons. The number of benzene rings is 1. The zero-order valence-corrected chi connectivity index (χ0v) is 19.1. The summed E-state index contributed by atoms with van der Waals surface area (Å²) in [4.78, 5) is 4.31. The molecule has 0 atom stereocenters. The summed E-state index contributed by atoms with van der Waals surface area (Å²) in [7, 11) is -2.37. The number of hydrogen-bond acceptors (Lipinski definition) is 7. The minimum absolute atomic E-state index is 0.00494. The molecule has 0 saturated carbocycles. The van der Waals surface area contributed by atoms with Gasteiger partial charge in [0.2, 0.25) is 0 Å². The van der Waals surface area contributed by atoms with Gasteiger partial charge in [-0.25, -0.2) is 17.8 Å². The number of rotatable bonds is 7. The summed E-state index contributed by atoms with van der Waals surface area (Å²) in [5.74, 6) is -0.551. The van der Waals surface area contributed by atoms with Crippen LogP contribution in [0, 0.1) is 17.1 Å². The number of fused-ring (bicyclic) bond motifs is 1. The number of hydrogen-bond donors (Lipinski definition) is 2. The highest BCUT2D eigenvalue weighted by Gasteiger charge is 2.34. The Labute approximate surface area is 186 Å². The summed E-state index contributed by atoms with van der Waals surface area (Å²) >= 11 is 0. The average Bonchev–Trinajstić information content (AvgIpc) is 3.14. The van der Waals surface area contributed by atoms with Crippen molar-refractivity contribution in [2.75, 3.05) is 25.6 Å². The van der Waals surface area contributed by atoms with E-state index >= 15 is 0 Å². The fraction of sp³-hybridized carbons (Fsp3) is 0.364. The van der Waals surface area contributed by atoms with Crippen LogP contribution >= 0.6 is 0 Å². The Hall–Kier alpha value is -3.16. The Morgan fingerprint density at radius 3 is 2.62 bits per heavy atom. The van der Waals surface area contributed by atoms with Crippen molar-refractivity contribution >= 4 is 21.2 Å². The number of aliphatic hydroxyl groups excluding tert-OH is 1. The van der Waals surface area contributed by atoms with Gasteiger partial charge in [0, 0.05) is 31.0 Å². The van der Waals surface area contributed by atoms with Crippen LogP contribution < -0.4 is 10.1 Å². The number of imidazole rings is 1. The standard InChI is InChI=1S/C22H25FN4O4S/c1-22(2,3)32(29,30)20-13-27-18(12-26-21(27)10-19(20)31-4)14-8-16(23)15(11-24)17(9-14)25-6-5-7-28/h8-10,12-13,25,28H,5-7H2,1-4H3. The number of ether oxygens (including phenoxy) is 1. The Bertz CT molecular complexity index is 1300. The minimum Gasteiger partial charge on any atom is -0.495 e. The molecule has 2 N–H and O–H groups in total. The zero-order chi connectivity index (χ0) is 23.7. The molecular formula is C22H25FN4O4S. The van der Waals surface area contributed by atoms with Gasteiger partial charge in [-0.15, -0.1) is 0 Å². The van der Waals surface area contributed by atoms with Gasteiger partial charge in [0.05, 0.1) is 29.4 Å². The van der Waals surface area contributed by atoms with Crippen LogP contribution in [0.5, 0.6) is 5.75 Å². The lowest BCUT2D eigenvalue weighted by Crippen LogP contribution is -2.28. The van der Waals surface area contributed by atoms with Crippen LogP contribution in [-0.4, -0.2) is 47.9 Å². The molecule has 0 saturated heterocycles. The van der Waals surface area contributed by atoms with E-state index in [2.05, 4.69) is 10.3 Å². The normalized spacial score (nSPS) is 12.0. The molecule has 1 aromatic carbocycles. The third-order valence-corrected chi connectivity index (χ3v) is 7.54. The highest BCUT2D eigenvalue weighted by atomic mass is 32.2. The molecule has 0 aliphatic rings. The van der Waals surface area contributed by atoms with Crippen LogP contribution in [0.1, 0.15) is 32.8 Å². The Morgan fingerprint density at radius 2 is 2.03 bits per heavy atom. The van der Waals surface area contributed by atoms with Crippen LogP contribution in [-0.2, 0) is 9.84 Å². The van der Waals surface area contributed by atoms with Crippen molar-refractivity contribution < 1.29 is 22.7 Å². The summed E-state index contributed by atoms with van der Waals surface area (Å²) < 4.78 is 46.8. The Balaban J connectivity index is 2.23. The summed E-state index contributed by atoms with van der Waals surface area (Å²) in [5, 5.41) is 21.3. The number of nitriles is 1. The van der Waals surface area contributed by atoms with E-state index in [4.69, 9.17) is 9.84 Å². The van der Waals surface area contributed by atoms with Crippen LogP contribution in [0.3, 0.4) is 0 Å². The minimum atomic E-state index is -3.76. The number of anilines is 1. The number of nitrogens with one attached hydrogen (secondary N) is 1. The lowest BCUT2D eigenvalue weighted by Gasteiger charge is -2.21. The molecule has 0 amide bonds. The second kappa shape index (κ2) is 8.76. The SMILES string of the molecule is COc1cc2ncc(-c3cc(F)c(C#N)c(NCCCO)c3)n2cc1S(=O)(=O)C(C)(C)C. The third-order valence-electron chi connectivity index (χ3n) is 5.04. The van der Waals surface area contributed by atoms with Crippen LogP contribution in [0.4, 0.5) is 10.1 Å². The molecule has 2 aromatic heterocycles. The van der Waals surface area contributed by atoms with E-state index in [1.54, 1.807) is 31.2 Å². The van der Waals surface area contributed by atoms with Crippen molar-refractivity contribution in [2.45, 2.75) is 36.8 Å². The number of nitrogens with zero attached hydrogens (tertiary/aromatic N) is 3. The maximum Gasteiger partial charge on any atom is 0.188 e. The van der Waals surface area contributed by atoms with Gasteiger partial charge in [-0.05, 0) is 39.3 Å². The number of sulfone groups is 1. The predicted octanol–water partition coefficient (Wildman–Crippen LogP) is 3.39. The van der Waals surface area contributed by atoms with Crippen LogP contribution in [0.15, 0.2) is 35.5 Å². The lowest BCUT2D eigenvalue weighted by molar-refractivity contribution is 0.292. The molecule has 3 aromatic rings. The van der Waals surface area contributed by atoms with E-state index in [9.17, 15) is 18.1 Å². The summed E-state index contributed by atoms with van der Waals surface area (Å²) in [6.45, 7) is 5.10. The molecular weight excluding hydrogens is 435 g/mol. The lowest BCUT2D eigenvalue weighted by atomic mass is 10.1. The van der Waals surface area contributed by atoms with E-state index in [1.807, 2.05) is 6.07 Å². The van der Waals surface area contributed by atoms with Crippen molar-refractivity contribution in [3.63, 3.8) is 0 Å². The molecule has 170 valence electrons. The van der Waals surface area contributed by atoms with Crippen molar-refractivity contribution in [1.29, 1.82) is 5.26 Å². The maximum absolute atomic E-state index is 14.7.